The molecule has 1 heterocycles. The van der Waals surface area contributed by atoms with Crippen molar-refractivity contribution in [3.05, 3.63) is 16.8 Å². The van der Waals surface area contributed by atoms with E-state index in [2.05, 4.69) is 5.32 Å². The number of hydrogen-bond acceptors (Lipinski definition) is 3. The summed E-state index contributed by atoms with van der Waals surface area (Å²) in [5.74, 6) is -1.42. The van der Waals surface area contributed by atoms with E-state index in [1.165, 1.54) is 11.3 Å². The molecule has 2 rings (SSSR count). The number of nitrogens with one attached hydrogen (secondary N) is 1. The third kappa shape index (κ3) is 1.39. The molecule has 1 amide bonds. The first kappa shape index (κ1) is 9.21. The Labute approximate surface area is 84.6 Å². The summed E-state index contributed by atoms with van der Waals surface area (Å²) in [5.41, 5.74) is -0.477. The molecule has 0 bridgehead atoms. The number of hydrogen-bond donors (Lipinski definition) is 2. The van der Waals surface area contributed by atoms with Crippen LogP contribution >= 0.6 is 11.3 Å². The van der Waals surface area contributed by atoms with Crippen molar-refractivity contribution in [1.29, 1.82) is 0 Å². The molecule has 1 aliphatic carbocycles. The number of carbonyl (C=O) groups excluding carboxylic acids is 1. The Balaban J connectivity index is 2.07. The summed E-state index contributed by atoms with van der Waals surface area (Å²) in [6, 6.07) is 1.75. The van der Waals surface area contributed by atoms with Crippen molar-refractivity contribution in [1.82, 2.24) is 0 Å². The molecule has 2 N–H and O–H groups in total. The minimum absolute atomic E-state index is 0.400. The van der Waals surface area contributed by atoms with Crippen LogP contribution in [-0.4, -0.2) is 17.0 Å². The Morgan fingerprint density at radius 3 is 2.64 bits per heavy atom. The van der Waals surface area contributed by atoms with E-state index < -0.39 is 17.3 Å². The van der Waals surface area contributed by atoms with Crippen molar-refractivity contribution in [2.75, 3.05) is 5.32 Å². The van der Waals surface area contributed by atoms with Crippen LogP contribution in [0.1, 0.15) is 12.8 Å². The maximum Gasteiger partial charge on any atom is 0.319 e. The van der Waals surface area contributed by atoms with Gasteiger partial charge in [-0.25, -0.2) is 0 Å². The van der Waals surface area contributed by atoms with Crippen LogP contribution in [0.25, 0.3) is 0 Å². The number of anilines is 1. The average Bonchev–Trinajstić information content (AvgIpc) is 2.81. The Bertz CT molecular complexity index is 367. The van der Waals surface area contributed by atoms with Crippen LogP contribution < -0.4 is 5.32 Å². The molecule has 0 aromatic carbocycles. The first-order valence-corrected chi connectivity index (χ1v) is 5.16. The fourth-order valence-corrected chi connectivity index (χ4v) is 1.84. The predicted octanol–water partition coefficient (Wildman–Crippen LogP) is 1.55. The lowest BCUT2D eigenvalue weighted by Crippen LogP contribution is -2.31. The molecule has 4 nitrogen and oxygen atoms in total. The molecule has 0 unspecified atom stereocenters. The number of carboxylic acid groups (broad SMARTS) is 1. The van der Waals surface area contributed by atoms with Crippen molar-refractivity contribution >= 4 is 28.9 Å². The lowest BCUT2D eigenvalue weighted by atomic mass is 10.1. The highest BCUT2D eigenvalue weighted by molar-refractivity contribution is 7.08. The summed E-state index contributed by atoms with van der Waals surface area (Å²) in [4.78, 5) is 22.3. The van der Waals surface area contributed by atoms with Gasteiger partial charge >= 0.3 is 5.97 Å². The van der Waals surface area contributed by atoms with Crippen LogP contribution in [0.2, 0.25) is 0 Å². The number of carbonyl (C=O) groups is 2. The van der Waals surface area contributed by atoms with Gasteiger partial charge in [-0.15, -0.1) is 0 Å². The van der Waals surface area contributed by atoms with Crippen molar-refractivity contribution in [2.24, 2.45) is 5.41 Å². The van der Waals surface area contributed by atoms with Crippen molar-refractivity contribution in [3.63, 3.8) is 0 Å². The quantitative estimate of drug-likeness (QED) is 0.745. The van der Waals surface area contributed by atoms with Gasteiger partial charge in [0.1, 0.15) is 5.41 Å². The number of carboxylic acids is 1. The molecular formula is C9H9NO3S. The summed E-state index contributed by atoms with van der Waals surface area (Å²) in [5, 5.41) is 15.0. The normalized spacial score (nSPS) is 17.4. The SMILES string of the molecule is O=C(O)C1(C(=O)Nc2ccsc2)CC1. The van der Waals surface area contributed by atoms with E-state index in [0.29, 0.717) is 18.5 Å². The maximum atomic E-state index is 11.5. The lowest BCUT2D eigenvalue weighted by molar-refractivity contribution is -0.147. The van der Waals surface area contributed by atoms with E-state index in [9.17, 15) is 9.59 Å². The number of rotatable bonds is 3. The van der Waals surface area contributed by atoms with Crippen LogP contribution in [-0.2, 0) is 9.59 Å². The van der Waals surface area contributed by atoms with Crippen LogP contribution in [0.3, 0.4) is 0 Å². The molecular weight excluding hydrogens is 202 g/mol. The summed E-state index contributed by atoms with van der Waals surface area (Å²) in [6.45, 7) is 0. The van der Waals surface area contributed by atoms with Crippen molar-refractivity contribution in [3.8, 4) is 0 Å². The fourth-order valence-electron chi connectivity index (χ4n) is 1.25. The molecule has 1 saturated carbocycles. The monoisotopic (exact) mass is 211 g/mol. The molecule has 1 aromatic heterocycles. The van der Waals surface area contributed by atoms with Gasteiger partial charge in [-0.05, 0) is 24.3 Å². The largest absolute Gasteiger partial charge is 0.480 e. The molecule has 1 aliphatic rings. The predicted molar refractivity (Wildman–Crippen MR) is 52.3 cm³/mol. The number of thiophene rings is 1. The molecule has 0 radical (unpaired) electrons. The zero-order valence-electron chi connectivity index (χ0n) is 7.32. The van der Waals surface area contributed by atoms with Gasteiger partial charge < -0.3 is 10.4 Å². The summed E-state index contributed by atoms with van der Waals surface area (Å²) in [6.07, 6.45) is 0.886. The first-order valence-electron chi connectivity index (χ1n) is 4.22. The van der Waals surface area contributed by atoms with E-state index in [4.69, 9.17) is 5.11 Å². The summed E-state index contributed by atoms with van der Waals surface area (Å²) in [7, 11) is 0. The zero-order valence-corrected chi connectivity index (χ0v) is 8.13. The van der Waals surface area contributed by atoms with Gasteiger partial charge in [-0.1, -0.05) is 0 Å². The van der Waals surface area contributed by atoms with E-state index >= 15 is 0 Å². The third-order valence-electron chi connectivity index (χ3n) is 2.37. The average molecular weight is 211 g/mol. The highest BCUT2D eigenvalue weighted by Gasteiger charge is 2.57. The highest BCUT2D eigenvalue weighted by Crippen LogP contribution is 2.46. The van der Waals surface area contributed by atoms with E-state index in [0.717, 1.165) is 0 Å². The maximum absolute atomic E-state index is 11.5. The minimum Gasteiger partial charge on any atom is -0.480 e. The van der Waals surface area contributed by atoms with Crippen molar-refractivity contribution in [2.45, 2.75) is 12.8 Å². The number of amides is 1. The molecule has 1 fully saturated rings. The summed E-state index contributed by atoms with van der Waals surface area (Å²) < 4.78 is 0. The second-order valence-corrected chi connectivity index (χ2v) is 4.13. The highest BCUT2D eigenvalue weighted by atomic mass is 32.1. The standard InChI is InChI=1S/C9H9NO3S/c11-7(9(2-3-9)8(12)13)10-6-1-4-14-5-6/h1,4-5H,2-3H2,(H,10,11)(H,12,13). The molecule has 74 valence electrons. The van der Waals surface area contributed by atoms with E-state index in [1.807, 2.05) is 5.38 Å². The fraction of sp³-hybridized carbons (Fsp3) is 0.333. The minimum atomic E-state index is -1.15. The van der Waals surface area contributed by atoms with Gasteiger partial charge in [0.15, 0.2) is 0 Å². The van der Waals surface area contributed by atoms with Gasteiger partial charge in [-0.2, -0.15) is 11.3 Å². The Morgan fingerprint density at radius 2 is 2.21 bits per heavy atom. The molecule has 0 saturated heterocycles. The van der Waals surface area contributed by atoms with Crippen LogP contribution in [0.4, 0.5) is 5.69 Å². The van der Waals surface area contributed by atoms with Crippen LogP contribution in [0, 0.1) is 5.41 Å². The van der Waals surface area contributed by atoms with Gasteiger partial charge in [0.25, 0.3) is 0 Å². The van der Waals surface area contributed by atoms with Gasteiger partial charge in [0.05, 0.1) is 5.69 Å². The molecule has 0 spiro atoms. The molecule has 0 aliphatic heterocycles. The van der Waals surface area contributed by atoms with Gasteiger partial charge in [0.2, 0.25) is 5.91 Å². The molecule has 1 aromatic rings. The number of aliphatic carboxylic acids is 1. The van der Waals surface area contributed by atoms with Crippen molar-refractivity contribution < 1.29 is 14.7 Å². The van der Waals surface area contributed by atoms with E-state index in [1.54, 1.807) is 11.4 Å². The second kappa shape index (κ2) is 3.09. The molecule has 5 heteroatoms. The van der Waals surface area contributed by atoms with Gasteiger partial charge in [-0.3, -0.25) is 9.59 Å². The Kier molecular flexibility index (Phi) is 2.03. The topological polar surface area (TPSA) is 66.4 Å². The zero-order chi connectivity index (χ0) is 10.2. The smallest absolute Gasteiger partial charge is 0.319 e. The Morgan fingerprint density at radius 1 is 1.50 bits per heavy atom. The summed E-state index contributed by atoms with van der Waals surface area (Å²) >= 11 is 1.46. The third-order valence-corrected chi connectivity index (χ3v) is 3.06. The molecule has 14 heavy (non-hydrogen) atoms. The molecule has 0 atom stereocenters. The lowest BCUT2D eigenvalue weighted by Gasteiger charge is -2.08. The first-order chi connectivity index (χ1) is 6.65. The Hall–Kier alpha value is -1.36. The van der Waals surface area contributed by atoms with E-state index in [-0.39, 0.29) is 0 Å². The van der Waals surface area contributed by atoms with Gasteiger partial charge in [0, 0.05) is 5.38 Å². The van der Waals surface area contributed by atoms with Crippen LogP contribution in [0.15, 0.2) is 16.8 Å². The second-order valence-electron chi connectivity index (χ2n) is 3.35. The van der Waals surface area contributed by atoms with Crippen LogP contribution in [0.5, 0.6) is 0 Å².